The van der Waals surface area contributed by atoms with Gasteiger partial charge in [-0.25, -0.2) is 0 Å². The Hall–Kier alpha value is -2.31. The predicted octanol–water partition coefficient (Wildman–Crippen LogP) is 4.82. The molecule has 1 unspecified atom stereocenters. The fourth-order valence-corrected chi connectivity index (χ4v) is 3.23. The van der Waals surface area contributed by atoms with E-state index in [1.807, 2.05) is 24.3 Å². The molecule has 6 heteroatoms. The van der Waals surface area contributed by atoms with E-state index in [1.54, 1.807) is 24.3 Å². The number of ether oxygens (including phenoxy) is 3. The van der Waals surface area contributed by atoms with Crippen LogP contribution in [-0.4, -0.2) is 31.8 Å². The minimum Gasteiger partial charge on any atom is -0.491 e. The van der Waals surface area contributed by atoms with Gasteiger partial charge in [-0.15, -0.1) is 0 Å². The average molecular weight is 432 g/mol. The minimum atomic E-state index is -0.206. The average Bonchev–Trinajstić information content (AvgIpc) is 3.19. The summed E-state index contributed by atoms with van der Waals surface area (Å²) in [4.78, 5) is 12.5. The summed E-state index contributed by atoms with van der Waals surface area (Å²) in [5.74, 6) is 1.16. The van der Waals surface area contributed by atoms with Gasteiger partial charge in [0.1, 0.15) is 24.7 Å². The van der Waals surface area contributed by atoms with Crippen molar-refractivity contribution in [1.82, 2.24) is 0 Å². The third-order valence-electron chi connectivity index (χ3n) is 4.10. The second kappa shape index (κ2) is 9.58. The summed E-state index contributed by atoms with van der Waals surface area (Å²) in [5.41, 5.74) is 1.20. The monoisotopic (exact) mass is 431 g/mol. The van der Waals surface area contributed by atoms with Crippen molar-refractivity contribution >= 4 is 27.5 Å². The molecule has 5 nitrogen and oxygen atoms in total. The Labute approximate surface area is 167 Å². The number of benzene rings is 2. The Morgan fingerprint density at radius 1 is 1.30 bits per heavy atom. The molecule has 27 heavy (non-hydrogen) atoms. The van der Waals surface area contributed by atoms with Crippen LogP contribution in [0.1, 0.15) is 23.2 Å². The summed E-state index contributed by atoms with van der Waals surface area (Å²) < 4.78 is 17.6. The van der Waals surface area contributed by atoms with E-state index in [2.05, 4.69) is 27.8 Å². The second-order valence-electron chi connectivity index (χ2n) is 6.17. The van der Waals surface area contributed by atoms with Gasteiger partial charge >= 0.3 is 0 Å². The van der Waals surface area contributed by atoms with E-state index in [0.29, 0.717) is 40.4 Å². The van der Waals surface area contributed by atoms with E-state index in [1.165, 1.54) is 0 Å². The van der Waals surface area contributed by atoms with Gasteiger partial charge in [0.05, 0.1) is 10.6 Å². The van der Waals surface area contributed by atoms with Crippen LogP contribution in [0.3, 0.4) is 0 Å². The van der Waals surface area contributed by atoms with E-state index >= 15 is 0 Å². The summed E-state index contributed by atoms with van der Waals surface area (Å²) in [6, 6.07) is 12.6. The lowest BCUT2D eigenvalue weighted by Gasteiger charge is -2.13. The summed E-state index contributed by atoms with van der Waals surface area (Å²) in [7, 11) is 0. The molecule has 0 radical (unpaired) electrons. The lowest BCUT2D eigenvalue weighted by Crippen LogP contribution is -2.16. The second-order valence-corrected chi connectivity index (χ2v) is 7.03. The molecular formula is C21H22BrNO4. The number of carbonyl (C=O) groups excluding carboxylic acids is 1. The summed E-state index contributed by atoms with van der Waals surface area (Å²) >= 11 is 3.42. The number of amides is 1. The van der Waals surface area contributed by atoms with Crippen LogP contribution in [0.25, 0.3) is 0 Å². The molecule has 1 aliphatic heterocycles. The van der Waals surface area contributed by atoms with E-state index in [9.17, 15) is 4.79 Å². The Balaban J connectivity index is 1.60. The zero-order valence-electron chi connectivity index (χ0n) is 14.9. The van der Waals surface area contributed by atoms with Crippen LogP contribution < -0.4 is 14.8 Å². The van der Waals surface area contributed by atoms with Gasteiger partial charge in [0.15, 0.2) is 0 Å². The maximum Gasteiger partial charge on any atom is 0.255 e. The first kappa shape index (κ1) is 19.5. The number of hydrogen-bond donors (Lipinski definition) is 1. The van der Waals surface area contributed by atoms with Gasteiger partial charge in [-0.2, -0.15) is 0 Å². The Bertz CT molecular complexity index is 803. The molecule has 1 amide bonds. The standard InChI is InChI=1S/C21H22BrNO4/c1-2-10-26-20-9-8-15(12-19(20)22)21(24)23-16-5-3-6-17(13-16)27-14-18-7-4-11-25-18/h2-3,5-6,8-9,12-13,18H,1,4,7,10-11,14H2,(H,23,24). The van der Waals surface area contributed by atoms with E-state index < -0.39 is 0 Å². The van der Waals surface area contributed by atoms with Crippen LogP contribution in [0.5, 0.6) is 11.5 Å². The highest BCUT2D eigenvalue weighted by Gasteiger charge is 2.16. The van der Waals surface area contributed by atoms with Crippen molar-refractivity contribution in [2.24, 2.45) is 0 Å². The molecule has 2 aromatic rings. The van der Waals surface area contributed by atoms with E-state index in [4.69, 9.17) is 14.2 Å². The van der Waals surface area contributed by atoms with Crippen LogP contribution in [0.4, 0.5) is 5.69 Å². The highest BCUT2D eigenvalue weighted by Crippen LogP contribution is 2.27. The highest BCUT2D eigenvalue weighted by atomic mass is 79.9. The first-order valence-corrected chi connectivity index (χ1v) is 9.64. The third-order valence-corrected chi connectivity index (χ3v) is 4.72. The minimum absolute atomic E-state index is 0.155. The van der Waals surface area contributed by atoms with Crippen molar-refractivity contribution in [2.75, 3.05) is 25.1 Å². The van der Waals surface area contributed by atoms with Crippen LogP contribution in [0, 0.1) is 0 Å². The van der Waals surface area contributed by atoms with Gasteiger partial charge in [0.2, 0.25) is 0 Å². The molecule has 0 bridgehead atoms. The lowest BCUT2D eigenvalue weighted by atomic mass is 10.2. The fraction of sp³-hybridized carbons (Fsp3) is 0.286. The zero-order valence-corrected chi connectivity index (χ0v) is 16.5. The molecule has 2 aromatic carbocycles. The third kappa shape index (κ3) is 5.58. The molecule has 1 heterocycles. The van der Waals surface area contributed by atoms with Crippen molar-refractivity contribution in [1.29, 1.82) is 0 Å². The van der Waals surface area contributed by atoms with Crippen molar-refractivity contribution in [3.05, 3.63) is 65.2 Å². The Morgan fingerprint density at radius 2 is 2.19 bits per heavy atom. The number of halogens is 1. The smallest absolute Gasteiger partial charge is 0.255 e. The van der Waals surface area contributed by atoms with Crippen LogP contribution >= 0.6 is 15.9 Å². The Morgan fingerprint density at radius 3 is 2.93 bits per heavy atom. The molecule has 1 fully saturated rings. The lowest BCUT2D eigenvalue weighted by molar-refractivity contribution is 0.0680. The molecule has 0 saturated carbocycles. The van der Waals surface area contributed by atoms with Crippen molar-refractivity contribution in [2.45, 2.75) is 18.9 Å². The summed E-state index contributed by atoms with van der Waals surface area (Å²) in [6.07, 6.45) is 3.93. The molecule has 142 valence electrons. The highest BCUT2D eigenvalue weighted by molar-refractivity contribution is 9.10. The Kier molecular flexibility index (Phi) is 6.90. The number of hydrogen-bond acceptors (Lipinski definition) is 4. The maximum atomic E-state index is 12.5. The molecule has 1 aliphatic rings. The molecule has 0 aromatic heterocycles. The molecule has 1 N–H and O–H groups in total. The van der Waals surface area contributed by atoms with Gasteiger partial charge in [-0.05, 0) is 59.1 Å². The number of anilines is 1. The molecular weight excluding hydrogens is 410 g/mol. The molecule has 1 atom stereocenters. The van der Waals surface area contributed by atoms with Crippen molar-refractivity contribution in [3.63, 3.8) is 0 Å². The topological polar surface area (TPSA) is 56.8 Å². The van der Waals surface area contributed by atoms with Gasteiger partial charge in [0, 0.05) is 23.9 Å². The van der Waals surface area contributed by atoms with Crippen LogP contribution in [-0.2, 0) is 4.74 Å². The van der Waals surface area contributed by atoms with E-state index in [-0.39, 0.29) is 12.0 Å². The van der Waals surface area contributed by atoms with E-state index in [0.717, 1.165) is 19.4 Å². The van der Waals surface area contributed by atoms with Crippen LogP contribution in [0.15, 0.2) is 59.6 Å². The number of nitrogens with one attached hydrogen (secondary N) is 1. The normalized spacial score (nSPS) is 16.0. The molecule has 1 saturated heterocycles. The van der Waals surface area contributed by atoms with Gasteiger partial charge in [0.25, 0.3) is 5.91 Å². The molecule has 3 rings (SSSR count). The fourth-order valence-electron chi connectivity index (χ4n) is 2.74. The largest absolute Gasteiger partial charge is 0.491 e. The number of rotatable bonds is 8. The molecule has 0 spiro atoms. The van der Waals surface area contributed by atoms with Crippen molar-refractivity contribution < 1.29 is 19.0 Å². The summed E-state index contributed by atoms with van der Waals surface area (Å²) in [5, 5.41) is 2.89. The van der Waals surface area contributed by atoms with Crippen LogP contribution in [0.2, 0.25) is 0 Å². The SMILES string of the molecule is C=CCOc1ccc(C(=O)Nc2cccc(OCC3CCCO3)c2)cc1Br. The summed E-state index contributed by atoms with van der Waals surface area (Å²) in [6.45, 7) is 5.35. The van der Waals surface area contributed by atoms with Gasteiger partial charge in [-0.1, -0.05) is 18.7 Å². The predicted molar refractivity (Wildman–Crippen MR) is 109 cm³/mol. The maximum absolute atomic E-state index is 12.5. The zero-order chi connectivity index (χ0) is 19.1. The van der Waals surface area contributed by atoms with Crippen molar-refractivity contribution in [3.8, 4) is 11.5 Å². The van der Waals surface area contributed by atoms with Gasteiger partial charge < -0.3 is 19.5 Å². The van der Waals surface area contributed by atoms with Gasteiger partial charge in [-0.3, -0.25) is 4.79 Å². The molecule has 0 aliphatic carbocycles. The number of carbonyl (C=O) groups is 1. The first-order valence-electron chi connectivity index (χ1n) is 8.85. The first-order chi connectivity index (χ1) is 13.2. The quantitative estimate of drug-likeness (QED) is 0.608.